The van der Waals surface area contributed by atoms with Gasteiger partial charge in [0.15, 0.2) is 0 Å². The van der Waals surface area contributed by atoms with E-state index in [2.05, 4.69) is 12.2 Å². The van der Waals surface area contributed by atoms with Gasteiger partial charge in [0.25, 0.3) is 0 Å². The Hall–Kier alpha value is -0.950. The lowest BCUT2D eigenvalue weighted by atomic mass is 10.3. The van der Waals surface area contributed by atoms with Crippen molar-refractivity contribution in [3.05, 3.63) is 0 Å². The van der Waals surface area contributed by atoms with Gasteiger partial charge < -0.3 is 20.1 Å². The summed E-state index contributed by atoms with van der Waals surface area (Å²) in [5.41, 5.74) is 0. The van der Waals surface area contributed by atoms with Crippen molar-refractivity contribution in [2.75, 3.05) is 37.8 Å². The third kappa shape index (κ3) is 6.00. The summed E-state index contributed by atoms with van der Waals surface area (Å²) in [6.45, 7) is 4.49. The van der Waals surface area contributed by atoms with Gasteiger partial charge in [0.2, 0.25) is 0 Å². The number of urea groups is 1. The number of aliphatic carboxylic acids is 1. The van der Waals surface area contributed by atoms with E-state index >= 15 is 0 Å². The van der Waals surface area contributed by atoms with Crippen molar-refractivity contribution in [3.63, 3.8) is 0 Å². The van der Waals surface area contributed by atoms with Crippen LogP contribution in [0.2, 0.25) is 0 Å². The molecular weight excluding hydrogens is 280 g/mol. The molecule has 0 bridgehead atoms. The Bertz CT molecular complexity index is 315. The molecule has 7 heteroatoms. The highest BCUT2D eigenvalue weighted by Crippen LogP contribution is 2.16. The number of hydrogen-bond acceptors (Lipinski definition) is 4. The number of carbonyl (C=O) groups excluding carboxylic acids is 1. The Labute approximate surface area is 124 Å². The lowest BCUT2D eigenvalue weighted by Crippen LogP contribution is -2.53. The number of hydrogen-bond donors (Lipinski definition) is 2. The zero-order chi connectivity index (χ0) is 14.8. The molecule has 0 aromatic carbocycles. The number of rotatable bonds is 8. The smallest absolute Gasteiger partial charge is 0.327 e. The maximum atomic E-state index is 11.9. The summed E-state index contributed by atoms with van der Waals surface area (Å²) < 4.78 is 5.40. The van der Waals surface area contributed by atoms with Crippen molar-refractivity contribution >= 4 is 23.8 Å². The maximum absolute atomic E-state index is 11.9. The van der Waals surface area contributed by atoms with E-state index in [0.717, 1.165) is 31.6 Å². The lowest BCUT2D eigenvalue weighted by molar-refractivity contribution is -0.141. The fourth-order valence-electron chi connectivity index (χ4n) is 1.87. The SMILES string of the molecule is CCCCOCCCNC(=O)N1CCSCC1C(=O)O. The molecule has 0 radical (unpaired) electrons. The number of amides is 2. The summed E-state index contributed by atoms with van der Waals surface area (Å²) in [6.07, 6.45) is 2.91. The molecule has 1 atom stereocenters. The van der Waals surface area contributed by atoms with E-state index in [-0.39, 0.29) is 6.03 Å². The van der Waals surface area contributed by atoms with Crippen LogP contribution in [0, 0.1) is 0 Å². The first kappa shape index (κ1) is 17.1. The van der Waals surface area contributed by atoms with Gasteiger partial charge in [-0.2, -0.15) is 11.8 Å². The van der Waals surface area contributed by atoms with E-state index in [9.17, 15) is 9.59 Å². The molecule has 6 nitrogen and oxygen atoms in total. The van der Waals surface area contributed by atoms with Crippen LogP contribution in [0.3, 0.4) is 0 Å². The normalized spacial score (nSPS) is 18.9. The molecule has 0 aromatic heterocycles. The van der Waals surface area contributed by atoms with Crippen LogP contribution in [0.15, 0.2) is 0 Å². The predicted octanol–water partition coefficient (Wildman–Crippen LogP) is 1.40. The van der Waals surface area contributed by atoms with Crippen LogP contribution in [-0.2, 0) is 9.53 Å². The minimum atomic E-state index is -0.935. The number of ether oxygens (including phenoxy) is 1. The van der Waals surface area contributed by atoms with Crippen molar-refractivity contribution in [2.45, 2.75) is 32.2 Å². The summed E-state index contributed by atoms with van der Waals surface area (Å²) >= 11 is 1.57. The van der Waals surface area contributed by atoms with Gasteiger partial charge in [-0.15, -0.1) is 0 Å². The second-order valence-electron chi connectivity index (χ2n) is 4.67. The molecule has 0 saturated carbocycles. The molecule has 0 spiro atoms. The fourth-order valence-corrected chi connectivity index (χ4v) is 2.91. The number of thioether (sulfide) groups is 1. The molecule has 1 aliphatic rings. The molecule has 20 heavy (non-hydrogen) atoms. The van der Waals surface area contributed by atoms with Crippen LogP contribution < -0.4 is 5.32 Å². The van der Waals surface area contributed by atoms with E-state index in [4.69, 9.17) is 9.84 Å². The van der Waals surface area contributed by atoms with Crippen LogP contribution in [0.4, 0.5) is 4.79 Å². The first-order chi connectivity index (χ1) is 9.66. The van der Waals surface area contributed by atoms with Crippen molar-refractivity contribution in [1.29, 1.82) is 0 Å². The van der Waals surface area contributed by atoms with E-state index in [1.165, 1.54) is 4.90 Å². The van der Waals surface area contributed by atoms with Crippen LogP contribution in [0.1, 0.15) is 26.2 Å². The van der Waals surface area contributed by atoms with E-state index in [1.54, 1.807) is 11.8 Å². The summed E-state index contributed by atoms with van der Waals surface area (Å²) in [6, 6.07) is -0.999. The largest absolute Gasteiger partial charge is 0.480 e. The maximum Gasteiger partial charge on any atom is 0.327 e. The van der Waals surface area contributed by atoms with Gasteiger partial charge in [0.1, 0.15) is 6.04 Å². The van der Waals surface area contributed by atoms with Gasteiger partial charge in [-0.3, -0.25) is 0 Å². The molecular formula is C13H24N2O4S. The second kappa shape index (κ2) is 9.88. The van der Waals surface area contributed by atoms with Gasteiger partial charge >= 0.3 is 12.0 Å². The van der Waals surface area contributed by atoms with Crippen LogP contribution in [0.5, 0.6) is 0 Å². The van der Waals surface area contributed by atoms with E-state index in [0.29, 0.717) is 25.4 Å². The first-order valence-electron chi connectivity index (χ1n) is 7.09. The number of carboxylic acids is 1. The van der Waals surface area contributed by atoms with Gasteiger partial charge in [-0.1, -0.05) is 13.3 Å². The Morgan fingerprint density at radius 1 is 1.40 bits per heavy atom. The van der Waals surface area contributed by atoms with Crippen molar-refractivity contribution < 1.29 is 19.4 Å². The molecule has 1 aliphatic heterocycles. The molecule has 1 heterocycles. The molecule has 2 amide bonds. The van der Waals surface area contributed by atoms with Gasteiger partial charge in [0.05, 0.1) is 0 Å². The molecule has 1 fully saturated rings. The fraction of sp³-hybridized carbons (Fsp3) is 0.846. The lowest BCUT2D eigenvalue weighted by Gasteiger charge is -2.32. The number of nitrogens with zero attached hydrogens (tertiary/aromatic N) is 1. The van der Waals surface area contributed by atoms with Gasteiger partial charge in [-0.05, 0) is 12.8 Å². The average Bonchev–Trinajstić information content (AvgIpc) is 2.46. The summed E-state index contributed by atoms with van der Waals surface area (Å²) in [7, 11) is 0. The van der Waals surface area contributed by atoms with Crippen LogP contribution in [-0.4, -0.2) is 65.9 Å². The minimum absolute atomic E-state index is 0.286. The van der Waals surface area contributed by atoms with Crippen LogP contribution in [0.25, 0.3) is 0 Å². The predicted molar refractivity (Wildman–Crippen MR) is 79.2 cm³/mol. The average molecular weight is 304 g/mol. The third-order valence-electron chi connectivity index (χ3n) is 3.06. The highest BCUT2D eigenvalue weighted by atomic mass is 32.2. The second-order valence-corrected chi connectivity index (χ2v) is 5.82. The molecule has 116 valence electrons. The number of nitrogens with one attached hydrogen (secondary N) is 1. The molecule has 0 aromatic rings. The van der Waals surface area contributed by atoms with Crippen molar-refractivity contribution in [1.82, 2.24) is 10.2 Å². The molecule has 2 N–H and O–H groups in total. The molecule has 0 aliphatic carbocycles. The zero-order valence-electron chi connectivity index (χ0n) is 12.0. The highest BCUT2D eigenvalue weighted by Gasteiger charge is 2.32. The molecule has 1 rings (SSSR count). The Morgan fingerprint density at radius 3 is 2.85 bits per heavy atom. The minimum Gasteiger partial charge on any atom is -0.480 e. The molecule has 1 unspecified atom stereocenters. The van der Waals surface area contributed by atoms with Crippen molar-refractivity contribution in [2.24, 2.45) is 0 Å². The monoisotopic (exact) mass is 304 g/mol. The highest BCUT2D eigenvalue weighted by molar-refractivity contribution is 7.99. The number of unbranched alkanes of at least 4 members (excludes halogenated alkanes) is 1. The molecule has 1 saturated heterocycles. The number of carboxylic acid groups (broad SMARTS) is 1. The van der Waals surface area contributed by atoms with Crippen molar-refractivity contribution in [3.8, 4) is 0 Å². The standard InChI is InChI=1S/C13H24N2O4S/c1-2-3-7-19-8-4-5-14-13(18)15-6-9-20-10-11(15)12(16)17/h11H,2-10H2,1H3,(H,14,18)(H,16,17). The summed E-state index contributed by atoms with van der Waals surface area (Å²) in [4.78, 5) is 24.5. The van der Waals surface area contributed by atoms with Gasteiger partial charge in [-0.25, -0.2) is 9.59 Å². The summed E-state index contributed by atoms with van der Waals surface area (Å²) in [5, 5.41) is 11.9. The number of carbonyl (C=O) groups is 2. The Morgan fingerprint density at radius 2 is 2.15 bits per heavy atom. The van der Waals surface area contributed by atoms with Crippen LogP contribution >= 0.6 is 11.8 Å². The first-order valence-corrected chi connectivity index (χ1v) is 8.25. The zero-order valence-corrected chi connectivity index (χ0v) is 12.8. The third-order valence-corrected chi connectivity index (χ3v) is 4.08. The summed E-state index contributed by atoms with van der Waals surface area (Å²) in [5.74, 6) is 0.315. The quantitative estimate of drug-likeness (QED) is 0.663. The van der Waals surface area contributed by atoms with E-state index in [1.807, 2.05) is 0 Å². The Balaban J connectivity index is 2.19. The van der Waals surface area contributed by atoms with Gasteiger partial charge in [0, 0.05) is 37.8 Å². The van der Waals surface area contributed by atoms with E-state index < -0.39 is 12.0 Å². The topological polar surface area (TPSA) is 78.9 Å². The Kier molecular flexibility index (Phi) is 8.45.